The molecule has 0 bridgehead atoms. The zero-order valence-corrected chi connectivity index (χ0v) is 12.5. The lowest BCUT2D eigenvalue weighted by atomic mass is 9.95. The highest BCUT2D eigenvalue weighted by Gasteiger charge is 2.26. The fraction of sp³-hybridized carbons (Fsp3) is 0.467. The molecule has 1 fully saturated rings. The summed E-state index contributed by atoms with van der Waals surface area (Å²) in [7, 11) is 0. The van der Waals surface area contributed by atoms with Gasteiger partial charge in [0.25, 0.3) is 5.91 Å². The Morgan fingerprint density at radius 3 is 3.24 bits per heavy atom. The Morgan fingerprint density at radius 2 is 2.48 bits per heavy atom. The number of hydrogen-bond acceptors (Lipinski definition) is 5. The van der Waals surface area contributed by atoms with E-state index in [1.165, 1.54) is 0 Å². The van der Waals surface area contributed by atoms with Crippen molar-refractivity contribution in [3.8, 4) is 10.6 Å². The molecule has 0 aromatic carbocycles. The Bertz CT molecular complexity index is 592. The third kappa shape index (κ3) is 3.16. The van der Waals surface area contributed by atoms with Gasteiger partial charge in [-0.25, -0.2) is 0 Å². The molecule has 112 valence electrons. The summed E-state index contributed by atoms with van der Waals surface area (Å²) in [5.41, 5.74) is 0.364. The molecule has 1 N–H and O–H groups in total. The zero-order chi connectivity index (χ0) is 14.7. The molecule has 0 radical (unpaired) electrons. The quantitative estimate of drug-likeness (QED) is 0.943. The smallest absolute Gasteiger partial charge is 0.276 e. The van der Waals surface area contributed by atoms with Gasteiger partial charge in [-0.2, -0.15) is 0 Å². The van der Waals surface area contributed by atoms with Crippen LogP contribution in [0.3, 0.4) is 0 Å². The number of thiophene rings is 1. The number of amides is 1. The van der Waals surface area contributed by atoms with Gasteiger partial charge in [0.2, 0.25) is 0 Å². The van der Waals surface area contributed by atoms with E-state index >= 15 is 0 Å². The van der Waals surface area contributed by atoms with Crippen LogP contribution >= 0.6 is 11.3 Å². The van der Waals surface area contributed by atoms with E-state index < -0.39 is 0 Å². The van der Waals surface area contributed by atoms with Gasteiger partial charge < -0.3 is 14.5 Å². The highest BCUT2D eigenvalue weighted by atomic mass is 32.1. The maximum absolute atomic E-state index is 12.5. The molecule has 3 rings (SSSR count). The Hall–Kier alpha value is -1.66. The van der Waals surface area contributed by atoms with Gasteiger partial charge in [0.15, 0.2) is 11.5 Å². The number of aromatic nitrogens is 1. The van der Waals surface area contributed by atoms with Crippen LogP contribution in [0.2, 0.25) is 0 Å². The number of aliphatic hydroxyl groups is 1. The number of likely N-dealkylation sites (tertiary alicyclic amines) is 1. The molecule has 1 saturated heterocycles. The number of aliphatic hydroxyl groups excluding tert-OH is 1. The lowest BCUT2D eigenvalue weighted by Gasteiger charge is -2.31. The predicted octanol–water partition coefficient (Wildman–Crippen LogP) is 2.64. The van der Waals surface area contributed by atoms with Gasteiger partial charge in [0.1, 0.15) is 0 Å². The number of nitrogens with zero attached hydrogens (tertiary/aromatic N) is 2. The summed E-state index contributed by atoms with van der Waals surface area (Å²) in [6.45, 7) is 1.63. The van der Waals surface area contributed by atoms with E-state index in [9.17, 15) is 4.79 Å². The second-order valence-electron chi connectivity index (χ2n) is 5.33. The van der Waals surface area contributed by atoms with Crippen LogP contribution in [0.4, 0.5) is 0 Å². The van der Waals surface area contributed by atoms with Crippen LogP contribution in [0.25, 0.3) is 10.6 Å². The molecule has 5 nitrogen and oxygen atoms in total. The maximum Gasteiger partial charge on any atom is 0.276 e. The fourth-order valence-electron chi connectivity index (χ4n) is 2.74. The Labute approximate surface area is 127 Å². The lowest BCUT2D eigenvalue weighted by Crippen LogP contribution is -2.40. The summed E-state index contributed by atoms with van der Waals surface area (Å²) in [6, 6.07) is 5.59. The van der Waals surface area contributed by atoms with Crippen LogP contribution in [-0.2, 0) is 0 Å². The van der Waals surface area contributed by atoms with Crippen LogP contribution in [0.15, 0.2) is 28.1 Å². The zero-order valence-electron chi connectivity index (χ0n) is 11.7. The first-order valence-corrected chi connectivity index (χ1v) is 8.06. The average Bonchev–Trinajstić information content (AvgIpc) is 3.18. The number of hydrogen-bond donors (Lipinski definition) is 1. The van der Waals surface area contributed by atoms with Crippen molar-refractivity contribution < 1.29 is 14.4 Å². The van der Waals surface area contributed by atoms with Crippen LogP contribution in [0, 0.1) is 5.92 Å². The summed E-state index contributed by atoms with van der Waals surface area (Å²) in [4.78, 5) is 15.3. The lowest BCUT2D eigenvalue weighted by molar-refractivity contribution is 0.0643. The fourth-order valence-corrected chi connectivity index (χ4v) is 3.41. The third-order valence-electron chi connectivity index (χ3n) is 3.84. The first kappa shape index (κ1) is 14.3. The molecule has 2 aromatic heterocycles. The minimum absolute atomic E-state index is 0.0794. The summed E-state index contributed by atoms with van der Waals surface area (Å²) in [5.74, 6) is 0.942. The third-order valence-corrected chi connectivity index (χ3v) is 4.72. The normalized spacial score (nSPS) is 18.9. The molecule has 1 aliphatic heterocycles. The molecule has 0 saturated carbocycles. The van der Waals surface area contributed by atoms with Gasteiger partial charge in [-0.15, -0.1) is 11.3 Å². The standard InChI is InChI=1S/C15H18N2O3S/c18-7-5-11-3-1-6-17(10-11)15(19)12-9-13(20-16-12)14-4-2-8-21-14/h2,4,8-9,11,18H,1,3,5-7,10H2. The highest BCUT2D eigenvalue weighted by molar-refractivity contribution is 7.13. The largest absolute Gasteiger partial charge is 0.396 e. The first-order chi connectivity index (χ1) is 10.3. The molecule has 2 aromatic rings. The van der Waals surface area contributed by atoms with Crippen molar-refractivity contribution in [2.75, 3.05) is 19.7 Å². The van der Waals surface area contributed by atoms with E-state index in [1.807, 2.05) is 22.4 Å². The topological polar surface area (TPSA) is 66.6 Å². The van der Waals surface area contributed by atoms with E-state index in [-0.39, 0.29) is 12.5 Å². The van der Waals surface area contributed by atoms with Gasteiger partial charge in [0.05, 0.1) is 4.88 Å². The molecule has 0 aliphatic carbocycles. The average molecular weight is 306 g/mol. The molecule has 0 spiro atoms. The number of rotatable bonds is 4. The van der Waals surface area contributed by atoms with E-state index in [4.69, 9.17) is 9.63 Å². The molecular formula is C15H18N2O3S. The summed E-state index contributed by atoms with van der Waals surface area (Å²) >= 11 is 1.56. The van der Waals surface area contributed by atoms with E-state index in [0.717, 1.165) is 30.7 Å². The van der Waals surface area contributed by atoms with Crippen molar-refractivity contribution in [1.82, 2.24) is 10.1 Å². The van der Waals surface area contributed by atoms with Gasteiger partial charge in [-0.3, -0.25) is 4.79 Å². The number of carbonyl (C=O) groups excluding carboxylic acids is 1. The van der Waals surface area contributed by atoms with Crippen molar-refractivity contribution in [3.05, 3.63) is 29.3 Å². The molecule has 6 heteroatoms. The van der Waals surface area contributed by atoms with Crippen LogP contribution in [0.5, 0.6) is 0 Å². The minimum atomic E-state index is -0.0794. The van der Waals surface area contributed by atoms with E-state index in [0.29, 0.717) is 23.9 Å². The Morgan fingerprint density at radius 1 is 1.57 bits per heavy atom. The molecule has 1 unspecified atom stereocenters. The molecule has 3 heterocycles. The SMILES string of the molecule is O=C(c1cc(-c2cccs2)on1)N1CCCC(CCO)C1. The van der Waals surface area contributed by atoms with Gasteiger partial charge >= 0.3 is 0 Å². The van der Waals surface area contributed by atoms with Crippen LogP contribution < -0.4 is 0 Å². The number of piperidine rings is 1. The molecule has 21 heavy (non-hydrogen) atoms. The van der Waals surface area contributed by atoms with E-state index in [1.54, 1.807) is 17.4 Å². The minimum Gasteiger partial charge on any atom is -0.396 e. The van der Waals surface area contributed by atoms with Crippen molar-refractivity contribution >= 4 is 17.2 Å². The van der Waals surface area contributed by atoms with Gasteiger partial charge in [-0.1, -0.05) is 11.2 Å². The summed E-state index contributed by atoms with van der Waals surface area (Å²) in [6.07, 6.45) is 2.80. The first-order valence-electron chi connectivity index (χ1n) is 7.18. The molecule has 1 amide bonds. The maximum atomic E-state index is 12.5. The predicted molar refractivity (Wildman–Crippen MR) is 80.1 cm³/mol. The molecular weight excluding hydrogens is 288 g/mol. The van der Waals surface area contributed by atoms with Crippen molar-refractivity contribution in [2.24, 2.45) is 5.92 Å². The molecule has 1 aliphatic rings. The number of carbonyl (C=O) groups is 1. The summed E-state index contributed by atoms with van der Waals surface area (Å²) < 4.78 is 5.27. The Balaban J connectivity index is 1.70. The van der Waals surface area contributed by atoms with E-state index in [2.05, 4.69) is 5.16 Å². The van der Waals surface area contributed by atoms with Gasteiger partial charge in [-0.05, 0) is 36.6 Å². The second-order valence-corrected chi connectivity index (χ2v) is 6.27. The summed E-state index contributed by atoms with van der Waals surface area (Å²) in [5, 5.41) is 14.9. The van der Waals surface area contributed by atoms with Crippen molar-refractivity contribution in [2.45, 2.75) is 19.3 Å². The van der Waals surface area contributed by atoms with Crippen molar-refractivity contribution in [3.63, 3.8) is 0 Å². The highest BCUT2D eigenvalue weighted by Crippen LogP contribution is 2.26. The van der Waals surface area contributed by atoms with Crippen LogP contribution in [-0.4, -0.2) is 40.8 Å². The van der Waals surface area contributed by atoms with Crippen molar-refractivity contribution in [1.29, 1.82) is 0 Å². The van der Waals surface area contributed by atoms with Gasteiger partial charge in [0, 0.05) is 25.8 Å². The molecule has 1 atom stereocenters. The monoisotopic (exact) mass is 306 g/mol. The van der Waals surface area contributed by atoms with Crippen LogP contribution in [0.1, 0.15) is 29.8 Å². The second kappa shape index (κ2) is 6.41. The Kier molecular flexibility index (Phi) is 4.36.